The molecule has 0 saturated carbocycles. The van der Waals surface area contributed by atoms with E-state index in [-0.39, 0.29) is 0 Å². The fraction of sp³-hybridized carbons (Fsp3) is 0.222. The van der Waals surface area contributed by atoms with Gasteiger partial charge in [-0.2, -0.15) is 0 Å². The van der Waals surface area contributed by atoms with E-state index in [2.05, 4.69) is 47.8 Å². The van der Waals surface area contributed by atoms with E-state index in [9.17, 15) is 0 Å². The van der Waals surface area contributed by atoms with Crippen LogP contribution in [0.15, 0.2) is 46.9 Å². The van der Waals surface area contributed by atoms with E-state index in [1.807, 2.05) is 7.05 Å². The molecule has 0 amide bonds. The van der Waals surface area contributed by atoms with E-state index in [0.717, 1.165) is 18.1 Å². The Morgan fingerprint density at radius 2 is 1.85 bits per heavy atom. The van der Waals surface area contributed by atoms with Gasteiger partial charge in [-0.15, -0.1) is 0 Å². The summed E-state index contributed by atoms with van der Waals surface area (Å²) in [6, 6.07) is 15.2. The Kier molecular flexibility index (Phi) is 2.64. The second-order valence-electron chi connectivity index (χ2n) is 5.41. The first kappa shape index (κ1) is 11.7. The molecule has 0 atom stereocenters. The summed E-state index contributed by atoms with van der Waals surface area (Å²) in [5.74, 6) is 1.94. The first-order valence-corrected chi connectivity index (χ1v) is 7.14. The number of hydrogen-bond donors (Lipinski definition) is 1. The predicted molar refractivity (Wildman–Crippen MR) is 81.8 cm³/mol. The average Bonchev–Trinajstić information content (AvgIpc) is 3.09. The molecule has 1 aliphatic rings. The lowest BCUT2D eigenvalue weighted by molar-refractivity contribution is 0.507. The number of hydrogen-bond acceptors (Lipinski definition) is 2. The van der Waals surface area contributed by atoms with Gasteiger partial charge in [0.05, 0.1) is 6.54 Å². The molecule has 0 fully saturated rings. The number of benzene rings is 2. The van der Waals surface area contributed by atoms with Gasteiger partial charge in [-0.05, 0) is 53.9 Å². The molecular formula is C18H17NO. The molecule has 0 radical (unpaired) electrons. The third-order valence-corrected chi connectivity index (χ3v) is 4.16. The van der Waals surface area contributed by atoms with Crippen molar-refractivity contribution in [3.05, 3.63) is 59.4 Å². The van der Waals surface area contributed by atoms with E-state index in [4.69, 9.17) is 4.42 Å². The molecule has 2 aromatic carbocycles. The Hall–Kier alpha value is -2.06. The maximum Gasteiger partial charge on any atom is 0.134 e. The lowest BCUT2D eigenvalue weighted by atomic mass is 9.99. The van der Waals surface area contributed by atoms with Crippen LogP contribution in [0.25, 0.3) is 22.1 Å². The zero-order valence-corrected chi connectivity index (χ0v) is 11.6. The molecule has 2 nitrogen and oxygen atoms in total. The summed E-state index contributed by atoms with van der Waals surface area (Å²) in [7, 11) is 1.93. The fourth-order valence-electron chi connectivity index (χ4n) is 3.25. The van der Waals surface area contributed by atoms with Crippen LogP contribution in [0.4, 0.5) is 0 Å². The van der Waals surface area contributed by atoms with Crippen LogP contribution < -0.4 is 5.32 Å². The first-order valence-electron chi connectivity index (χ1n) is 7.14. The van der Waals surface area contributed by atoms with E-state index in [1.54, 1.807) is 0 Å². The zero-order valence-electron chi connectivity index (χ0n) is 11.6. The zero-order chi connectivity index (χ0) is 13.5. The minimum absolute atomic E-state index is 0.765. The molecule has 1 N–H and O–H groups in total. The standard InChI is InChI=1S/C18H17NO/c1-19-11-14-8-10-17(20-14)15-9-7-13-6-5-12-3-2-4-16(15)18(12)13/h2-4,7-10,19H,5-6,11H2,1H3. The van der Waals surface area contributed by atoms with Crippen molar-refractivity contribution in [2.45, 2.75) is 19.4 Å². The summed E-state index contributed by atoms with van der Waals surface area (Å²) in [6.45, 7) is 0.765. The Balaban J connectivity index is 1.92. The van der Waals surface area contributed by atoms with Crippen LogP contribution >= 0.6 is 0 Å². The van der Waals surface area contributed by atoms with Crippen molar-refractivity contribution in [3.8, 4) is 11.3 Å². The Morgan fingerprint density at radius 1 is 1.00 bits per heavy atom. The van der Waals surface area contributed by atoms with Gasteiger partial charge in [0.2, 0.25) is 0 Å². The Labute approximate surface area is 118 Å². The highest BCUT2D eigenvalue weighted by Gasteiger charge is 2.17. The normalized spacial score (nSPS) is 13.2. The van der Waals surface area contributed by atoms with Crippen molar-refractivity contribution in [1.82, 2.24) is 5.32 Å². The van der Waals surface area contributed by atoms with Gasteiger partial charge in [-0.1, -0.05) is 30.3 Å². The molecule has 100 valence electrons. The van der Waals surface area contributed by atoms with Crippen molar-refractivity contribution in [2.75, 3.05) is 7.05 Å². The second kappa shape index (κ2) is 4.50. The van der Waals surface area contributed by atoms with Gasteiger partial charge in [0, 0.05) is 5.56 Å². The molecule has 0 aliphatic heterocycles. The molecule has 0 saturated heterocycles. The molecular weight excluding hydrogens is 246 g/mol. The van der Waals surface area contributed by atoms with Crippen molar-refractivity contribution in [2.24, 2.45) is 0 Å². The van der Waals surface area contributed by atoms with Crippen molar-refractivity contribution in [3.63, 3.8) is 0 Å². The van der Waals surface area contributed by atoms with Gasteiger partial charge >= 0.3 is 0 Å². The molecule has 0 bridgehead atoms. The van der Waals surface area contributed by atoms with Crippen LogP contribution in [0, 0.1) is 0 Å². The molecule has 1 aliphatic carbocycles. The van der Waals surface area contributed by atoms with Gasteiger partial charge in [0.15, 0.2) is 0 Å². The maximum atomic E-state index is 5.96. The summed E-state index contributed by atoms with van der Waals surface area (Å²) in [5, 5.41) is 5.88. The van der Waals surface area contributed by atoms with Crippen molar-refractivity contribution >= 4 is 10.8 Å². The van der Waals surface area contributed by atoms with E-state index >= 15 is 0 Å². The summed E-state index contributed by atoms with van der Waals surface area (Å²) in [6.07, 6.45) is 2.33. The molecule has 20 heavy (non-hydrogen) atoms. The number of rotatable bonds is 3. The number of furan rings is 1. The highest BCUT2D eigenvalue weighted by molar-refractivity contribution is 6.00. The van der Waals surface area contributed by atoms with Gasteiger partial charge < -0.3 is 9.73 Å². The largest absolute Gasteiger partial charge is 0.460 e. The second-order valence-corrected chi connectivity index (χ2v) is 5.41. The van der Waals surface area contributed by atoms with Gasteiger partial charge in [-0.3, -0.25) is 0 Å². The predicted octanol–water partition coefficient (Wildman–Crippen LogP) is 3.92. The van der Waals surface area contributed by atoms with Gasteiger partial charge in [0.1, 0.15) is 11.5 Å². The summed E-state index contributed by atoms with van der Waals surface area (Å²) in [5.41, 5.74) is 4.15. The minimum Gasteiger partial charge on any atom is -0.460 e. The lowest BCUT2D eigenvalue weighted by Gasteiger charge is -2.07. The highest BCUT2D eigenvalue weighted by atomic mass is 16.3. The quantitative estimate of drug-likeness (QED) is 0.775. The molecule has 1 heterocycles. The third kappa shape index (κ3) is 1.69. The fourth-order valence-corrected chi connectivity index (χ4v) is 3.25. The van der Waals surface area contributed by atoms with Crippen molar-refractivity contribution < 1.29 is 4.42 Å². The molecule has 0 unspecified atom stereocenters. The summed E-state index contributed by atoms with van der Waals surface area (Å²) < 4.78 is 5.96. The first-order chi connectivity index (χ1) is 9.86. The van der Waals surface area contributed by atoms with Crippen LogP contribution in [0.3, 0.4) is 0 Å². The summed E-state index contributed by atoms with van der Waals surface area (Å²) >= 11 is 0. The topological polar surface area (TPSA) is 25.2 Å². The molecule has 2 heteroatoms. The molecule has 1 aromatic heterocycles. The average molecular weight is 263 g/mol. The van der Waals surface area contributed by atoms with E-state index in [1.165, 1.54) is 40.3 Å². The molecule has 4 rings (SSSR count). The van der Waals surface area contributed by atoms with Crippen molar-refractivity contribution in [1.29, 1.82) is 0 Å². The minimum atomic E-state index is 0.765. The Morgan fingerprint density at radius 3 is 2.70 bits per heavy atom. The third-order valence-electron chi connectivity index (χ3n) is 4.16. The SMILES string of the molecule is CNCc1ccc(-c2ccc3c4c(cccc24)CC3)o1. The Bertz CT molecular complexity index is 775. The maximum absolute atomic E-state index is 5.96. The van der Waals surface area contributed by atoms with Crippen LogP contribution in [-0.2, 0) is 19.4 Å². The van der Waals surface area contributed by atoms with Gasteiger partial charge in [-0.25, -0.2) is 0 Å². The highest BCUT2D eigenvalue weighted by Crippen LogP contribution is 2.37. The monoisotopic (exact) mass is 263 g/mol. The lowest BCUT2D eigenvalue weighted by Crippen LogP contribution is -2.03. The van der Waals surface area contributed by atoms with Crippen LogP contribution in [0.1, 0.15) is 16.9 Å². The smallest absolute Gasteiger partial charge is 0.134 e. The van der Waals surface area contributed by atoms with Gasteiger partial charge in [0.25, 0.3) is 0 Å². The van der Waals surface area contributed by atoms with E-state index in [0.29, 0.717) is 0 Å². The number of aryl methyl sites for hydroxylation is 2. The molecule has 3 aromatic rings. The van der Waals surface area contributed by atoms with E-state index < -0.39 is 0 Å². The van der Waals surface area contributed by atoms with Crippen LogP contribution in [0.5, 0.6) is 0 Å². The van der Waals surface area contributed by atoms with Crippen LogP contribution in [-0.4, -0.2) is 7.05 Å². The summed E-state index contributed by atoms with van der Waals surface area (Å²) in [4.78, 5) is 0. The molecule has 0 spiro atoms. The number of nitrogens with one attached hydrogen (secondary N) is 1. The van der Waals surface area contributed by atoms with Crippen LogP contribution in [0.2, 0.25) is 0 Å².